The number of aliphatic hydroxyl groups excluding tert-OH is 1. The van der Waals surface area contributed by atoms with E-state index in [9.17, 15) is 28.5 Å². The molecule has 16 nitrogen and oxygen atoms in total. The standard InChI is InChI=1S/C16H22N3O13P3/c1-2-3-4-5-6-7-11-9-19(16(21)18-15(11)17)14-8-12(20)13(30-14)10-29-34(25,26)32-35(27,28)31-33(22,23)24/h1,9,12-14,20H,3-5,8,10H2,(H,25,26)(H,27,28)(H2,17,18,21)(H2,22,23,24)/t12-,13?,14-/m1/s1. The van der Waals surface area contributed by atoms with Crippen LogP contribution >= 0.6 is 23.5 Å². The smallest absolute Gasteiger partial charge is 0.390 e. The van der Waals surface area contributed by atoms with Crippen molar-refractivity contribution in [1.29, 1.82) is 0 Å². The lowest BCUT2D eigenvalue weighted by molar-refractivity contribution is -0.0449. The fraction of sp³-hybridized carbons (Fsp3) is 0.500. The number of ether oxygens (including phenoxy) is 1. The number of nitrogen functional groups attached to an aromatic ring is 1. The average Bonchev–Trinajstić information content (AvgIpc) is 3.05. The number of terminal acetylenes is 1. The molecule has 35 heavy (non-hydrogen) atoms. The zero-order chi connectivity index (χ0) is 26.4. The second-order valence-corrected chi connectivity index (χ2v) is 11.3. The summed E-state index contributed by atoms with van der Waals surface area (Å²) in [5.74, 6) is 7.94. The molecule has 19 heteroatoms. The van der Waals surface area contributed by atoms with Crippen LogP contribution in [0, 0.1) is 24.2 Å². The molecule has 0 radical (unpaired) electrons. The van der Waals surface area contributed by atoms with Crippen LogP contribution in [0.5, 0.6) is 0 Å². The van der Waals surface area contributed by atoms with Crippen LogP contribution in [0.4, 0.5) is 5.82 Å². The van der Waals surface area contributed by atoms with Crippen molar-refractivity contribution in [2.75, 3.05) is 12.3 Å². The van der Waals surface area contributed by atoms with E-state index in [0.717, 1.165) is 4.57 Å². The highest BCUT2D eigenvalue weighted by Crippen LogP contribution is 2.66. The Morgan fingerprint density at radius 1 is 1.20 bits per heavy atom. The Hall–Kier alpha value is -1.87. The van der Waals surface area contributed by atoms with Gasteiger partial charge in [-0.15, -0.1) is 12.3 Å². The van der Waals surface area contributed by atoms with E-state index in [1.807, 2.05) is 0 Å². The Labute approximate surface area is 198 Å². The fourth-order valence-corrected chi connectivity index (χ4v) is 5.76. The molecule has 1 aromatic rings. The van der Waals surface area contributed by atoms with Crippen LogP contribution < -0.4 is 11.4 Å². The fourth-order valence-electron chi connectivity index (χ4n) is 2.73. The summed E-state index contributed by atoms with van der Waals surface area (Å²) in [4.78, 5) is 51.6. The molecule has 0 aromatic carbocycles. The van der Waals surface area contributed by atoms with Crippen LogP contribution in [0.1, 0.15) is 37.5 Å². The van der Waals surface area contributed by atoms with Gasteiger partial charge in [-0.2, -0.15) is 13.6 Å². The molecule has 1 aliphatic rings. The molecule has 2 rings (SSSR count). The number of aromatic nitrogens is 2. The highest BCUT2D eigenvalue weighted by molar-refractivity contribution is 7.66. The predicted octanol–water partition coefficient (Wildman–Crippen LogP) is -0.0278. The van der Waals surface area contributed by atoms with E-state index in [2.05, 4.69) is 35.9 Å². The van der Waals surface area contributed by atoms with Crippen LogP contribution in [-0.2, 0) is 31.6 Å². The van der Waals surface area contributed by atoms with Crippen molar-refractivity contribution >= 4 is 29.3 Å². The molecule has 0 bridgehead atoms. The van der Waals surface area contributed by atoms with Gasteiger partial charge in [-0.3, -0.25) is 9.09 Å². The molecule has 194 valence electrons. The van der Waals surface area contributed by atoms with Crippen molar-refractivity contribution in [1.82, 2.24) is 9.55 Å². The zero-order valence-electron chi connectivity index (χ0n) is 17.7. The largest absolute Gasteiger partial charge is 0.490 e. The number of phosphoric ester groups is 1. The summed E-state index contributed by atoms with van der Waals surface area (Å²) in [5.41, 5.74) is 5.10. The minimum Gasteiger partial charge on any atom is -0.390 e. The van der Waals surface area contributed by atoms with Gasteiger partial charge in [0.15, 0.2) is 0 Å². The summed E-state index contributed by atoms with van der Waals surface area (Å²) in [7, 11) is -16.7. The van der Waals surface area contributed by atoms with E-state index >= 15 is 0 Å². The summed E-state index contributed by atoms with van der Waals surface area (Å²) >= 11 is 0. The van der Waals surface area contributed by atoms with E-state index < -0.39 is 54.2 Å². The van der Waals surface area contributed by atoms with Gasteiger partial charge in [0.1, 0.15) is 18.1 Å². The zero-order valence-corrected chi connectivity index (χ0v) is 20.4. The summed E-state index contributed by atoms with van der Waals surface area (Å²) in [6.45, 7) is -0.889. The SMILES string of the molecule is C#CCCCC#Cc1cn([C@H]2C[C@@H](O)C(COP(=O)(O)OP(=O)(O)OP(=O)(O)O)O2)c(=O)nc1N. The number of unbranched alkanes of at least 4 members (excludes halogenated alkanes) is 2. The van der Waals surface area contributed by atoms with Crippen molar-refractivity contribution in [2.45, 2.75) is 44.1 Å². The van der Waals surface area contributed by atoms with E-state index in [1.165, 1.54) is 6.20 Å². The lowest BCUT2D eigenvalue weighted by atomic mass is 10.2. The lowest BCUT2D eigenvalue weighted by Crippen LogP contribution is -2.29. The van der Waals surface area contributed by atoms with E-state index in [1.54, 1.807) is 0 Å². The molecule has 7 N–H and O–H groups in total. The minimum atomic E-state index is -5.70. The highest BCUT2D eigenvalue weighted by atomic mass is 31.3. The van der Waals surface area contributed by atoms with E-state index in [4.69, 9.17) is 31.6 Å². The monoisotopic (exact) mass is 557 g/mol. The predicted molar refractivity (Wildman–Crippen MR) is 117 cm³/mol. The molecule has 5 atom stereocenters. The van der Waals surface area contributed by atoms with Crippen molar-refractivity contribution in [3.63, 3.8) is 0 Å². The summed E-state index contributed by atoms with van der Waals surface area (Å²) < 4.78 is 52.0. The van der Waals surface area contributed by atoms with Crippen molar-refractivity contribution in [2.24, 2.45) is 0 Å². The first kappa shape index (κ1) is 29.4. The van der Waals surface area contributed by atoms with Crippen LogP contribution in [0.2, 0.25) is 0 Å². The topological polar surface area (TPSA) is 250 Å². The normalized spacial score (nSPS) is 23.5. The summed E-state index contributed by atoms with van der Waals surface area (Å²) in [6, 6.07) is 0. The number of nitrogens with zero attached hydrogens (tertiary/aromatic N) is 2. The Morgan fingerprint density at radius 2 is 1.89 bits per heavy atom. The Morgan fingerprint density at radius 3 is 2.51 bits per heavy atom. The molecular formula is C16H22N3O13P3. The van der Waals surface area contributed by atoms with Crippen LogP contribution in [0.3, 0.4) is 0 Å². The highest BCUT2D eigenvalue weighted by Gasteiger charge is 2.43. The first-order chi connectivity index (χ1) is 16.1. The third-order valence-corrected chi connectivity index (χ3v) is 7.96. The first-order valence-corrected chi connectivity index (χ1v) is 14.1. The molecular weight excluding hydrogens is 535 g/mol. The maximum atomic E-state index is 12.3. The number of hydrogen-bond acceptors (Lipinski definition) is 11. The average molecular weight is 557 g/mol. The van der Waals surface area contributed by atoms with Gasteiger partial charge in [-0.1, -0.05) is 11.8 Å². The maximum Gasteiger partial charge on any atom is 0.490 e. The number of hydrogen-bond donors (Lipinski definition) is 6. The van der Waals surface area contributed by atoms with Gasteiger partial charge in [0.2, 0.25) is 0 Å². The maximum absolute atomic E-state index is 12.3. The quantitative estimate of drug-likeness (QED) is 0.126. The Kier molecular flexibility index (Phi) is 9.99. The van der Waals surface area contributed by atoms with Crippen molar-refractivity contribution in [3.8, 4) is 24.2 Å². The summed E-state index contributed by atoms with van der Waals surface area (Å²) in [6.07, 6.45) is 4.14. The molecule has 3 unspecified atom stereocenters. The third kappa shape index (κ3) is 9.60. The lowest BCUT2D eigenvalue weighted by Gasteiger charge is -2.19. The minimum absolute atomic E-state index is 0.126. The van der Waals surface area contributed by atoms with Crippen LogP contribution in [0.15, 0.2) is 11.0 Å². The molecule has 1 aliphatic heterocycles. The molecule has 0 amide bonds. The van der Waals surface area contributed by atoms with Crippen LogP contribution in [-0.4, -0.2) is 53.0 Å². The second-order valence-electron chi connectivity index (χ2n) is 6.91. The van der Waals surface area contributed by atoms with Gasteiger partial charge < -0.3 is 35.2 Å². The van der Waals surface area contributed by atoms with Crippen molar-refractivity contribution in [3.05, 3.63) is 22.2 Å². The third-order valence-electron chi connectivity index (χ3n) is 4.16. The number of anilines is 1. The number of aliphatic hydroxyl groups is 1. The van der Waals surface area contributed by atoms with Crippen molar-refractivity contribution < 1.29 is 56.3 Å². The van der Waals surface area contributed by atoms with Gasteiger partial charge in [0, 0.05) is 25.5 Å². The van der Waals surface area contributed by atoms with Gasteiger partial charge in [0.05, 0.1) is 18.3 Å². The van der Waals surface area contributed by atoms with Gasteiger partial charge in [0.25, 0.3) is 0 Å². The molecule has 1 saturated heterocycles. The Balaban J connectivity index is 2.07. The summed E-state index contributed by atoms with van der Waals surface area (Å²) in [5, 5.41) is 10.2. The van der Waals surface area contributed by atoms with Gasteiger partial charge in [-0.25, -0.2) is 18.5 Å². The van der Waals surface area contributed by atoms with Gasteiger partial charge >= 0.3 is 29.2 Å². The molecule has 2 heterocycles. The van der Waals surface area contributed by atoms with Gasteiger partial charge in [-0.05, 0) is 6.42 Å². The van der Waals surface area contributed by atoms with E-state index in [0.29, 0.717) is 19.3 Å². The molecule has 1 aromatic heterocycles. The number of phosphoric acid groups is 3. The number of rotatable bonds is 10. The molecule has 1 fully saturated rings. The number of nitrogens with two attached hydrogens (primary N) is 1. The Bertz CT molecular complexity index is 1230. The molecule has 0 spiro atoms. The first-order valence-electron chi connectivity index (χ1n) is 9.55. The molecule has 0 saturated carbocycles. The van der Waals surface area contributed by atoms with E-state index in [-0.39, 0.29) is 17.8 Å². The second kappa shape index (κ2) is 11.9. The molecule has 0 aliphatic carbocycles. The van der Waals surface area contributed by atoms with Crippen LogP contribution in [0.25, 0.3) is 0 Å².